The Morgan fingerprint density at radius 2 is 2.31 bits per heavy atom. The number of aliphatic hydroxyl groups excluding tert-OH is 1. The number of rotatable bonds is 2. The number of nitrogens with zero attached hydrogens (tertiary/aromatic N) is 4. The predicted octanol–water partition coefficient (Wildman–Crippen LogP) is 1.71. The summed E-state index contributed by atoms with van der Waals surface area (Å²) in [5.41, 5.74) is 1.22. The Balaban J connectivity index is 2.43. The minimum absolute atomic E-state index is 0.336. The molecule has 0 saturated carbocycles. The fourth-order valence-corrected chi connectivity index (χ4v) is 2.10. The molecule has 2 heterocycles. The van der Waals surface area contributed by atoms with E-state index in [4.69, 9.17) is 11.6 Å². The molecule has 1 N–H and O–H groups in total. The molecular formula is C9H8BrClN4O. The van der Waals surface area contributed by atoms with Crippen LogP contribution in [0.2, 0.25) is 5.15 Å². The molecule has 2 rings (SSSR count). The highest BCUT2D eigenvalue weighted by Gasteiger charge is 2.19. The molecule has 0 bridgehead atoms. The molecule has 5 nitrogen and oxygen atoms in total. The molecule has 0 aliphatic rings. The van der Waals surface area contributed by atoms with Crippen LogP contribution in [0.15, 0.2) is 22.9 Å². The van der Waals surface area contributed by atoms with Crippen molar-refractivity contribution in [3.63, 3.8) is 0 Å². The van der Waals surface area contributed by atoms with Gasteiger partial charge in [0, 0.05) is 13.2 Å². The lowest BCUT2D eigenvalue weighted by atomic mass is 10.1. The first-order valence-corrected chi connectivity index (χ1v) is 5.61. The quantitative estimate of drug-likeness (QED) is 0.858. The van der Waals surface area contributed by atoms with Crippen molar-refractivity contribution in [1.29, 1.82) is 0 Å². The van der Waals surface area contributed by atoms with Crippen LogP contribution in [0, 0.1) is 0 Å². The summed E-state index contributed by atoms with van der Waals surface area (Å²) in [5.74, 6) is 0. The summed E-state index contributed by atoms with van der Waals surface area (Å²) in [6, 6.07) is 3.29. The fraction of sp³-hybridized carbons (Fsp3) is 0.222. The third-order valence-corrected chi connectivity index (χ3v) is 2.92. The second-order valence-corrected chi connectivity index (χ2v) is 4.34. The van der Waals surface area contributed by atoms with Gasteiger partial charge in [-0.2, -0.15) is 0 Å². The van der Waals surface area contributed by atoms with Gasteiger partial charge < -0.3 is 5.11 Å². The van der Waals surface area contributed by atoms with E-state index in [1.807, 2.05) is 0 Å². The van der Waals surface area contributed by atoms with Crippen molar-refractivity contribution >= 4 is 27.5 Å². The Morgan fingerprint density at radius 3 is 2.88 bits per heavy atom. The summed E-state index contributed by atoms with van der Waals surface area (Å²) in [6.45, 7) is 0. The summed E-state index contributed by atoms with van der Waals surface area (Å²) in [7, 11) is 1.71. The van der Waals surface area contributed by atoms with Crippen molar-refractivity contribution in [3.8, 4) is 0 Å². The zero-order chi connectivity index (χ0) is 11.7. The average Bonchev–Trinajstić information content (AvgIpc) is 2.58. The van der Waals surface area contributed by atoms with Crippen LogP contribution < -0.4 is 0 Å². The predicted molar refractivity (Wildman–Crippen MR) is 62.0 cm³/mol. The van der Waals surface area contributed by atoms with Gasteiger partial charge in [-0.05, 0) is 33.6 Å². The first kappa shape index (κ1) is 11.5. The molecular weight excluding hydrogens is 295 g/mol. The van der Waals surface area contributed by atoms with E-state index in [0.717, 1.165) is 0 Å². The summed E-state index contributed by atoms with van der Waals surface area (Å²) >= 11 is 8.99. The average molecular weight is 304 g/mol. The highest BCUT2D eigenvalue weighted by Crippen LogP contribution is 2.27. The molecule has 0 aliphatic heterocycles. The van der Waals surface area contributed by atoms with Crippen LogP contribution in [0.1, 0.15) is 17.4 Å². The molecule has 84 valence electrons. The van der Waals surface area contributed by atoms with E-state index in [-0.39, 0.29) is 0 Å². The first-order valence-electron chi connectivity index (χ1n) is 4.44. The van der Waals surface area contributed by atoms with Gasteiger partial charge in [0.1, 0.15) is 17.0 Å². The van der Waals surface area contributed by atoms with Crippen molar-refractivity contribution in [2.45, 2.75) is 6.10 Å². The standard InChI is InChI=1S/C9H8BrClN4O/c1-15-7(9(10)13-14-15)8(16)5-2-3-12-6(11)4-5/h2-4,8,16H,1H3. The van der Waals surface area contributed by atoms with Gasteiger partial charge in [-0.1, -0.05) is 16.8 Å². The number of pyridine rings is 1. The number of aromatic nitrogens is 4. The maximum atomic E-state index is 10.1. The van der Waals surface area contributed by atoms with Crippen LogP contribution in [-0.2, 0) is 7.05 Å². The van der Waals surface area contributed by atoms with Crippen molar-refractivity contribution < 1.29 is 5.11 Å². The van der Waals surface area contributed by atoms with E-state index >= 15 is 0 Å². The highest BCUT2D eigenvalue weighted by atomic mass is 79.9. The molecule has 2 aromatic heterocycles. The number of halogens is 2. The van der Waals surface area contributed by atoms with Gasteiger partial charge in [0.05, 0.1) is 0 Å². The first-order chi connectivity index (χ1) is 7.59. The summed E-state index contributed by atoms with van der Waals surface area (Å²) in [5, 5.41) is 18.1. The van der Waals surface area contributed by atoms with Crippen LogP contribution in [-0.4, -0.2) is 25.1 Å². The van der Waals surface area contributed by atoms with Crippen molar-refractivity contribution in [1.82, 2.24) is 20.0 Å². The second-order valence-electron chi connectivity index (χ2n) is 3.20. The van der Waals surface area contributed by atoms with E-state index in [1.54, 1.807) is 25.4 Å². The molecule has 16 heavy (non-hydrogen) atoms. The number of aliphatic hydroxyl groups is 1. The van der Waals surface area contributed by atoms with Crippen molar-refractivity contribution in [2.75, 3.05) is 0 Å². The zero-order valence-corrected chi connectivity index (χ0v) is 10.6. The Bertz CT molecular complexity index is 496. The molecule has 0 aromatic carbocycles. The van der Waals surface area contributed by atoms with E-state index in [2.05, 4.69) is 31.2 Å². The van der Waals surface area contributed by atoms with E-state index in [0.29, 0.717) is 21.0 Å². The van der Waals surface area contributed by atoms with Crippen LogP contribution >= 0.6 is 27.5 Å². The lowest BCUT2D eigenvalue weighted by molar-refractivity contribution is 0.209. The summed E-state index contributed by atoms with van der Waals surface area (Å²) < 4.78 is 2.01. The number of aryl methyl sites for hydroxylation is 1. The zero-order valence-electron chi connectivity index (χ0n) is 8.30. The van der Waals surface area contributed by atoms with Crippen molar-refractivity contribution in [3.05, 3.63) is 39.3 Å². The molecule has 1 unspecified atom stereocenters. The van der Waals surface area contributed by atoms with Gasteiger partial charge in [-0.3, -0.25) is 0 Å². The minimum atomic E-state index is -0.838. The van der Waals surface area contributed by atoms with E-state index in [9.17, 15) is 5.11 Å². The summed E-state index contributed by atoms with van der Waals surface area (Å²) in [4.78, 5) is 3.85. The van der Waals surface area contributed by atoms with E-state index in [1.165, 1.54) is 4.68 Å². The minimum Gasteiger partial charge on any atom is -0.382 e. The second kappa shape index (κ2) is 4.48. The van der Waals surface area contributed by atoms with Crippen LogP contribution in [0.25, 0.3) is 0 Å². The Morgan fingerprint density at radius 1 is 1.56 bits per heavy atom. The lowest BCUT2D eigenvalue weighted by Gasteiger charge is -2.11. The smallest absolute Gasteiger partial charge is 0.154 e. The molecule has 0 aliphatic carbocycles. The van der Waals surface area contributed by atoms with Crippen LogP contribution in [0.3, 0.4) is 0 Å². The molecule has 0 fully saturated rings. The lowest BCUT2D eigenvalue weighted by Crippen LogP contribution is -2.07. The fourth-order valence-electron chi connectivity index (χ4n) is 1.37. The molecule has 0 radical (unpaired) electrons. The largest absolute Gasteiger partial charge is 0.382 e. The van der Waals surface area contributed by atoms with Crippen LogP contribution in [0.5, 0.6) is 0 Å². The maximum Gasteiger partial charge on any atom is 0.154 e. The summed E-state index contributed by atoms with van der Waals surface area (Å²) in [6.07, 6.45) is 0.702. The molecule has 0 spiro atoms. The molecule has 2 aromatic rings. The number of hydrogen-bond acceptors (Lipinski definition) is 4. The Hall–Kier alpha value is -0.980. The molecule has 0 amide bonds. The highest BCUT2D eigenvalue weighted by molar-refractivity contribution is 9.10. The van der Waals surface area contributed by atoms with Gasteiger partial charge in [0.15, 0.2) is 4.60 Å². The van der Waals surface area contributed by atoms with Gasteiger partial charge in [0.25, 0.3) is 0 Å². The normalized spacial score (nSPS) is 12.8. The van der Waals surface area contributed by atoms with Crippen molar-refractivity contribution in [2.24, 2.45) is 7.05 Å². The Kier molecular flexibility index (Phi) is 3.22. The van der Waals surface area contributed by atoms with Gasteiger partial charge in [-0.25, -0.2) is 9.67 Å². The number of hydrogen-bond donors (Lipinski definition) is 1. The van der Waals surface area contributed by atoms with Gasteiger partial charge in [-0.15, -0.1) is 5.10 Å². The van der Waals surface area contributed by atoms with Gasteiger partial charge in [0.2, 0.25) is 0 Å². The van der Waals surface area contributed by atoms with Gasteiger partial charge >= 0.3 is 0 Å². The van der Waals surface area contributed by atoms with Crippen LogP contribution in [0.4, 0.5) is 0 Å². The Labute approximate surface area is 105 Å². The third-order valence-electron chi connectivity index (χ3n) is 2.15. The molecule has 0 saturated heterocycles. The maximum absolute atomic E-state index is 10.1. The molecule has 7 heteroatoms. The third kappa shape index (κ3) is 2.09. The SMILES string of the molecule is Cn1nnc(Br)c1C(O)c1ccnc(Cl)c1. The monoisotopic (exact) mass is 302 g/mol. The van der Waals surface area contributed by atoms with E-state index < -0.39 is 6.10 Å². The topological polar surface area (TPSA) is 63.8 Å². The molecule has 1 atom stereocenters.